The van der Waals surface area contributed by atoms with Crippen molar-refractivity contribution in [1.82, 2.24) is 0 Å². The highest BCUT2D eigenvalue weighted by molar-refractivity contribution is 4.51. The van der Waals surface area contributed by atoms with Crippen LogP contribution in [0.15, 0.2) is 0 Å². The lowest BCUT2D eigenvalue weighted by Crippen LogP contribution is -0.856. The van der Waals surface area contributed by atoms with Gasteiger partial charge in [-0.2, -0.15) is 0 Å². The van der Waals surface area contributed by atoms with E-state index in [0.29, 0.717) is 0 Å². The second-order valence-corrected chi connectivity index (χ2v) is 2.12. The first-order valence-electron chi connectivity index (χ1n) is 3.00. The smallest absolute Gasteiger partial charge is 0.0533 e. The molecule has 0 aromatic rings. The molecule has 12 heavy (non-hydrogen) atoms. The fourth-order valence-electron chi connectivity index (χ4n) is 0. The van der Waals surface area contributed by atoms with E-state index in [2.05, 4.69) is 0 Å². The van der Waals surface area contributed by atoms with Gasteiger partial charge in [-0.15, -0.1) is 0 Å². The Morgan fingerprint density at radius 2 is 0.333 bits per heavy atom. The van der Waals surface area contributed by atoms with Crippen molar-refractivity contribution in [1.29, 1.82) is 0 Å². The van der Waals surface area contributed by atoms with Crippen LogP contribution in [0.1, 0.15) is 83.1 Å². The molecular formula is C12H36. The second-order valence-electron chi connectivity index (χ2n) is 2.12. The van der Waals surface area contributed by atoms with Crippen LogP contribution in [0, 0.1) is 0 Å². The summed E-state index contributed by atoms with van der Waals surface area (Å²) >= 11 is 0. The Bertz CT molecular complexity index is 15.5. The summed E-state index contributed by atoms with van der Waals surface area (Å²) in [7, 11) is 0. The molecule has 0 heterocycles. The summed E-state index contributed by atoms with van der Waals surface area (Å²) in [4.78, 5) is 0. The van der Waals surface area contributed by atoms with Crippen LogP contribution in [0.4, 0.5) is 0 Å². The highest BCUT2D eigenvalue weighted by Gasteiger charge is 1.95. The molecule has 0 bridgehead atoms. The van der Waals surface area contributed by atoms with E-state index >= 15 is 0 Å². The number of hydrogen-bond donors (Lipinski definition) is 0. The van der Waals surface area contributed by atoms with Gasteiger partial charge in [0.05, 0.1) is 0 Å². The minimum atomic E-state index is 0. The third-order valence-electron chi connectivity index (χ3n) is 0.707. The molecular weight excluding hydrogens is 144 g/mol. The molecule has 2 rings (SSSR count). The first kappa shape index (κ1) is 40.3. The number of hydrogen-bond acceptors (Lipinski definition) is 0. The predicted molar refractivity (Wildman–Crippen MR) is 68.1 cm³/mol. The molecule has 84 valence electrons. The molecule has 2 aliphatic carbocycles. The molecule has 0 nitrogen and oxygen atoms in total. The molecule has 0 aromatic carbocycles. The molecule has 0 saturated heterocycles. The van der Waals surface area contributed by atoms with Gasteiger partial charge in [-0.25, -0.2) is 0 Å². The van der Waals surface area contributed by atoms with Crippen LogP contribution in [-0.2, 0) is 0 Å². The Kier molecular flexibility index (Phi) is 103. The summed E-state index contributed by atoms with van der Waals surface area (Å²) in [5.41, 5.74) is 0. The molecule has 2 aliphatic rings. The van der Waals surface area contributed by atoms with Gasteiger partial charge in [0.15, 0.2) is 0 Å². The SMILES string of the molecule is C.C.C.C.C.C.C1CC1.C1CC1. The monoisotopic (exact) mass is 180 g/mol. The molecule has 0 spiro atoms. The van der Waals surface area contributed by atoms with Crippen LogP contribution in [0.2, 0.25) is 0 Å². The summed E-state index contributed by atoms with van der Waals surface area (Å²) in [6.45, 7) is 0. The summed E-state index contributed by atoms with van der Waals surface area (Å²) in [5, 5.41) is 0. The van der Waals surface area contributed by atoms with E-state index in [1.54, 1.807) is 0 Å². The average molecular weight is 180 g/mol. The van der Waals surface area contributed by atoms with Gasteiger partial charge in [0.1, 0.15) is 0 Å². The maximum atomic E-state index is 1.50. The Balaban J connectivity index is -0.00000001000. The van der Waals surface area contributed by atoms with Gasteiger partial charge >= 0.3 is 0 Å². The Labute approximate surface area is 83.8 Å². The van der Waals surface area contributed by atoms with Gasteiger partial charge < -0.3 is 0 Å². The standard InChI is InChI=1S/2C3H6.6CH4/c2*1-2-3-1;;;;;;/h2*1-3H2;6*1H4. The highest BCUT2D eigenvalue weighted by atomic mass is 14.0. The highest BCUT2D eigenvalue weighted by Crippen LogP contribution is 2.15. The first-order chi connectivity index (χ1) is 3.00. The predicted octanol–water partition coefficient (Wildman–Crippen LogP) is 6.16. The molecule has 0 atom stereocenters. The van der Waals surface area contributed by atoms with Gasteiger partial charge in [0, 0.05) is 0 Å². The minimum absolute atomic E-state index is 0. The van der Waals surface area contributed by atoms with Crippen molar-refractivity contribution >= 4 is 0 Å². The minimum Gasteiger partial charge on any atom is -0.0776 e. The van der Waals surface area contributed by atoms with E-state index in [9.17, 15) is 0 Å². The van der Waals surface area contributed by atoms with Crippen molar-refractivity contribution in [2.45, 2.75) is 83.1 Å². The van der Waals surface area contributed by atoms with E-state index in [1.807, 2.05) is 0 Å². The van der Waals surface area contributed by atoms with Crippen LogP contribution < -0.4 is 0 Å². The maximum Gasteiger partial charge on any atom is -0.0533 e. The van der Waals surface area contributed by atoms with Gasteiger partial charge in [0.2, 0.25) is 0 Å². The molecule has 0 heteroatoms. The average Bonchev–Trinajstić information content (AvgIpc) is 2.31. The van der Waals surface area contributed by atoms with Gasteiger partial charge in [-0.05, 0) is 0 Å². The molecule has 0 amide bonds. The Morgan fingerprint density at radius 3 is 0.333 bits per heavy atom. The quantitative estimate of drug-likeness (QED) is 0.419. The van der Waals surface area contributed by atoms with E-state index in [4.69, 9.17) is 0 Å². The fraction of sp³-hybridized carbons (Fsp3) is 1.00. The van der Waals surface area contributed by atoms with Gasteiger partial charge in [0.25, 0.3) is 0 Å². The lowest BCUT2D eigenvalue weighted by Gasteiger charge is -1.05. The molecule has 0 radical (unpaired) electrons. The van der Waals surface area contributed by atoms with Crippen molar-refractivity contribution in [3.63, 3.8) is 0 Å². The number of rotatable bonds is 0. The Morgan fingerprint density at radius 1 is 0.250 bits per heavy atom. The van der Waals surface area contributed by atoms with Crippen molar-refractivity contribution in [2.75, 3.05) is 0 Å². The third-order valence-corrected chi connectivity index (χ3v) is 0.707. The van der Waals surface area contributed by atoms with Crippen molar-refractivity contribution in [2.24, 2.45) is 0 Å². The maximum absolute atomic E-state index is 1.50. The lowest BCUT2D eigenvalue weighted by atomic mass is 11.0. The van der Waals surface area contributed by atoms with Crippen molar-refractivity contribution in [3.8, 4) is 0 Å². The van der Waals surface area contributed by atoms with Crippen LogP contribution in [0.3, 0.4) is 0 Å². The zero-order chi connectivity index (χ0) is 4.24. The molecule has 0 N–H and O–H groups in total. The second kappa shape index (κ2) is 30.6. The zero-order valence-corrected chi connectivity index (χ0v) is 4.24. The molecule has 2 fully saturated rings. The fourth-order valence-corrected chi connectivity index (χ4v) is 0. The summed E-state index contributed by atoms with van der Waals surface area (Å²) in [5.74, 6) is 0. The largest absolute Gasteiger partial charge is 0.0776 e. The van der Waals surface area contributed by atoms with Crippen LogP contribution in [-0.4, -0.2) is 0 Å². The van der Waals surface area contributed by atoms with Crippen LogP contribution >= 0.6 is 0 Å². The van der Waals surface area contributed by atoms with Crippen LogP contribution in [0.5, 0.6) is 0 Å². The topological polar surface area (TPSA) is 0 Å². The summed E-state index contributed by atoms with van der Waals surface area (Å²) in [6.07, 6.45) is 9.00. The Hall–Kier alpha value is 0. The summed E-state index contributed by atoms with van der Waals surface area (Å²) in [6, 6.07) is 0. The molecule has 0 aliphatic heterocycles. The van der Waals surface area contributed by atoms with Gasteiger partial charge in [-0.3, -0.25) is 0 Å². The van der Waals surface area contributed by atoms with E-state index in [0.717, 1.165) is 0 Å². The van der Waals surface area contributed by atoms with E-state index < -0.39 is 0 Å². The molecule has 2 saturated carbocycles. The van der Waals surface area contributed by atoms with Gasteiger partial charge in [-0.1, -0.05) is 83.1 Å². The summed E-state index contributed by atoms with van der Waals surface area (Å²) < 4.78 is 0. The third kappa shape index (κ3) is 202. The lowest BCUT2D eigenvalue weighted by molar-refractivity contribution is 1.50. The van der Waals surface area contributed by atoms with E-state index in [1.165, 1.54) is 38.5 Å². The molecule has 0 unspecified atom stereocenters. The van der Waals surface area contributed by atoms with Crippen molar-refractivity contribution < 1.29 is 0 Å². The normalized spacial score (nSPS) is 12.0. The molecule has 0 aromatic heterocycles. The van der Waals surface area contributed by atoms with E-state index in [-0.39, 0.29) is 44.6 Å². The van der Waals surface area contributed by atoms with Crippen molar-refractivity contribution in [3.05, 3.63) is 0 Å². The zero-order valence-electron chi connectivity index (χ0n) is 4.24. The van der Waals surface area contributed by atoms with Crippen LogP contribution in [0.25, 0.3) is 0 Å². The first-order valence-corrected chi connectivity index (χ1v) is 3.00.